The Balaban J connectivity index is 1.59. The molecule has 0 unspecified atom stereocenters. The Kier molecular flexibility index (Phi) is 7.36. The summed E-state index contributed by atoms with van der Waals surface area (Å²) in [5.74, 6) is -0.0843. The lowest BCUT2D eigenvalue weighted by atomic mass is 10.1. The number of carbonyl (C=O) groups is 2. The molecule has 162 valence electrons. The lowest BCUT2D eigenvalue weighted by molar-refractivity contribution is 0.0949. The summed E-state index contributed by atoms with van der Waals surface area (Å²) in [4.78, 5) is 27.1. The van der Waals surface area contributed by atoms with Crippen LogP contribution >= 0.6 is 11.3 Å². The van der Waals surface area contributed by atoms with Crippen LogP contribution in [-0.4, -0.2) is 36.1 Å². The molecule has 0 spiro atoms. The van der Waals surface area contributed by atoms with Crippen molar-refractivity contribution in [2.75, 3.05) is 24.3 Å². The van der Waals surface area contributed by atoms with E-state index >= 15 is 0 Å². The van der Waals surface area contributed by atoms with Crippen molar-refractivity contribution in [3.05, 3.63) is 69.7 Å². The highest BCUT2D eigenvalue weighted by Crippen LogP contribution is 2.17. The number of hydrogen-bond donors (Lipinski definition) is 2. The van der Waals surface area contributed by atoms with Crippen LogP contribution in [0.15, 0.2) is 48.5 Å². The third kappa shape index (κ3) is 6.36. The molecule has 2 amide bonds. The highest BCUT2D eigenvalue weighted by atomic mass is 32.1. The zero-order chi connectivity index (χ0) is 22.4. The number of rotatable bonds is 8. The number of aromatic nitrogens is 2. The lowest BCUT2D eigenvalue weighted by Gasteiger charge is -2.13. The van der Waals surface area contributed by atoms with Crippen molar-refractivity contribution in [1.29, 1.82) is 0 Å². The van der Waals surface area contributed by atoms with Gasteiger partial charge in [0, 0.05) is 44.0 Å². The number of hydrogen-bond acceptors (Lipinski definition) is 6. The second-order valence-electron chi connectivity index (χ2n) is 7.88. The van der Waals surface area contributed by atoms with E-state index in [1.54, 1.807) is 24.3 Å². The lowest BCUT2D eigenvalue weighted by Crippen LogP contribution is -2.23. The Hall–Kier alpha value is -3.26. The molecule has 2 aromatic carbocycles. The van der Waals surface area contributed by atoms with Crippen LogP contribution < -0.4 is 15.5 Å². The average molecular weight is 438 g/mol. The van der Waals surface area contributed by atoms with Crippen LogP contribution in [-0.2, 0) is 13.0 Å². The van der Waals surface area contributed by atoms with E-state index in [1.165, 1.54) is 11.3 Å². The number of benzene rings is 2. The number of amides is 2. The molecule has 0 fully saturated rings. The monoisotopic (exact) mass is 437 g/mol. The summed E-state index contributed by atoms with van der Waals surface area (Å²) in [5, 5.41) is 14.9. The molecule has 0 aliphatic heterocycles. The van der Waals surface area contributed by atoms with E-state index < -0.39 is 0 Å². The minimum absolute atomic E-state index is 0.206. The van der Waals surface area contributed by atoms with Crippen molar-refractivity contribution < 1.29 is 9.59 Å². The van der Waals surface area contributed by atoms with E-state index in [4.69, 9.17) is 0 Å². The molecule has 0 bridgehead atoms. The van der Waals surface area contributed by atoms with Crippen LogP contribution in [0.5, 0.6) is 0 Å². The normalized spacial score (nSPS) is 10.7. The van der Waals surface area contributed by atoms with Gasteiger partial charge in [-0.1, -0.05) is 43.4 Å². The van der Waals surface area contributed by atoms with Gasteiger partial charge in [0.05, 0.1) is 0 Å². The van der Waals surface area contributed by atoms with Crippen LogP contribution in [0.3, 0.4) is 0 Å². The molecule has 1 aromatic heterocycles. The van der Waals surface area contributed by atoms with Gasteiger partial charge in [0.15, 0.2) is 0 Å². The molecule has 2 N–H and O–H groups in total. The first-order valence-electron chi connectivity index (χ1n) is 10.1. The largest absolute Gasteiger partial charge is 0.378 e. The molecule has 3 rings (SSSR count). The summed E-state index contributed by atoms with van der Waals surface area (Å²) in [5.41, 5.74) is 3.12. The molecular formula is C23H27N5O2S. The first-order chi connectivity index (χ1) is 14.8. The van der Waals surface area contributed by atoms with Crippen LogP contribution in [0, 0.1) is 5.92 Å². The summed E-state index contributed by atoms with van der Waals surface area (Å²) in [7, 11) is 3.97. The van der Waals surface area contributed by atoms with Crippen molar-refractivity contribution in [1.82, 2.24) is 15.5 Å². The highest BCUT2D eigenvalue weighted by molar-refractivity contribution is 7.13. The highest BCUT2D eigenvalue weighted by Gasteiger charge is 2.15. The van der Waals surface area contributed by atoms with Gasteiger partial charge in [-0.15, -0.1) is 10.2 Å². The second kappa shape index (κ2) is 10.2. The molecule has 1 heterocycles. The molecular weight excluding hydrogens is 410 g/mol. The summed E-state index contributed by atoms with van der Waals surface area (Å²) >= 11 is 1.29. The third-order valence-electron chi connectivity index (χ3n) is 4.53. The van der Waals surface area contributed by atoms with E-state index in [1.807, 2.05) is 43.3 Å². The standard InChI is InChI=1S/C23H27N5O2S/c1-15(2)12-20-26-27-23(31-20)22(30)25-18-7-5-6-17(13-18)21(29)24-14-16-8-10-19(11-9-16)28(3)4/h5-11,13,15H,12,14H2,1-4H3,(H,24,29)(H,25,30). The quantitative estimate of drug-likeness (QED) is 0.557. The second-order valence-corrected chi connectivity index (χ2v) is 8.94. The fourth-order valence-corrected chi connectivity index (χ4v) is 3.84. The Morgan fingerprint density at radius 1 is 1.03 bits per heavy atom. The number of carbonyl (C=O) groups excluding carboxylic acids is 2. The molecule has 0 atom stereocenters. The van der Waals surface area contributed by atoms with E-state index in [0.29, 0.717) is 28.7 Å². The summed E-state index contributed by atoms with van der Waals surface area (Å²) in [6, 6.07) is 14.8. The fourth-order valence-electron chi connectivity index (χ4n) is 2.90. The average Bonchev–Trinajstić information content (AvgIpc) is 3.20. The smallest absolute Gasteiger partial charge is 0.286 e. The Morgan fingerprint density at radius 3 is 2.45 bits per heavy atom. The SMILES string of the molecule is CC(C)Cc1nnc(C(=O)Nc2cccc(C(=O)NCc3ccc(N(C)C)cc3)c2)s1. The van der Waals surface area contributed by atoms with Gasteiger partial charge < -0.3 is 15.5 Å². The fraction of sp³-hybridized carbons (Fsp3) is 0.304. The van der Waals surface area contributed by atoms with Crippen LogP contribution in [0.2, 0.25) is 0 Å². The predicted molar refractivity (Wildman–Crippen MR) is 125 cm³/mol. The molecule has 8 heteroatoms. The van der Waals surface area contributed by atoms with Crippen LogP contribution in [0.4, 0.5) is 11.4 Å². The van der Waals surface area contributed by atoms with E-state index in [0.717, 1.165) is 22.7 Å². The minimum Gasteiger partial charge on any atom is -0.378 e. The molecule has 7 nitrogen and oxygen atoms in total. The summed E-state index contributed by atoms with van der Waals surface area (Å²) in [6.45, 7) is 4.61. The molecule has 0 radical (unpaired) electrons. The molecule has 0 saturated heterocycles. The van der Waals surface area contributed by atoms with Crippen molar-refractivity contribution in [3.8, 4) is 0 Å². The number of anilines is 2. The predicted octanol–water partition coefficient (Wildman–Crippen LogP) is 3.98. The van der Waals surface area contributed by atoms with Gasteiger partial charge in [-0.2, -0.15) is 0 Å². The van der Waals surface area contributed by atoms with Gasteiger partial charge in [0.25, 0.3) is 11.8 Å². The van der Waals surface area contributed by atoms with Gasteiger partial charge in [-0.05, 0) is 41.8 Å². The maximum absolute atomic E-state index is 12.6. The Morgan fingerprint density at radius 2 is 1.77 bits per heavy atom. The zero-order valence-electron chi connectivity index (χ0n) is 18.2. The van der Waals surface area contributed by atoms with E-state index in [-0.39, 0.29) is 11.8 Å². The van der Waals surface area contributed by atoms with Gasteiger partial charge in [-0.3, -0.25) is 9.59 Å². The number of nitrogens with one attached hydrogen (secondary N) is 2. The molecule has 0 saturated carbocycles. The Labute approximate surface area is 186 Å². The van der Waals surface area contributed by atoms with Crippen molar-refractivity contribution in [3.63, 3.8) is 0 Å². The maximum atomic E-state index is 12.6. The third-order valence-corrected chi connectivity index (χ3v) is 5.48. The zero-order valence-corrected chi connectivity index (χ0v) is 19.0. The van der Waals surface area contributed by atoms with Gasteiger partial charge in [-0.25, -0.2) is 0 Å². The molecule has 31 heavy (non-hydrogen) atoms. The van der Waals surface area contributed by atoms with E-state index in [9.17, 15) is 9.59 Å². The first kappa shape index (κ1) is 22.4. The van der Waals surface area contributed by atoms with Crippen molar-refractivity contribution in [2.45, 2.75) is 26.8 Å². The Bertz CT molecular complexity index is 1040. The van der Waals surface area contributed by atoms with Crippen molar-refractivity contribution >= 4 is 34.5 Å². The van der Waals surface area contributed by atoms with Crippen LogP contribution in [0.1, 0.15) is 44.6 Å². The van der Waals surface area contributed by atoms with Crippen LogP contribution in [0.25, 0.3) is 0 Å². The maximum Gasteiger partial charge on any atom is 0.286 e. The summed E-state index contributed by atoms with van der Waals surface area (Å²) < 4.78 is 0. The van der Waals surface area contributed by atoms with E-state index in [2.05, 4.69) is 34.7 Å². The summed E-state index contributed by atoms with van der Waals surface area (Å²) in [6.07, 6.45) is 0.790. The molecule has 0 aliphatic rings. The van der Waals surface area contributed by atoms with Gasteiger partial charge in [0.2, 0.25) is 5.01 Å². The topological polar surface area (TPSA) is 87.2 Å². The van der Waals surface area contributed by atoms with Crippen molar-refractivity contribution in [2.24, 2.45) is 5.92 Å². The van der Waals surface area contributed by atoms with Gasteiger partial charge >= 0.3 is 0 Å². The number of nitrogens with zero attached hydrogens (tertiary/aromatic N) is 3. The molecule has 3 aromatic rings. The first-order valence-corrected chi connectivity index (χ1v) is 10.9. The van der Waals surface area contributed by atoms with Gasteiger partial charge in [0.1, 0.15) is 5.01 Å². The minimum atomic E-state index is -0.328. The molecule has 0 aliphatic carbocycles.